The first-order valence-electron chi connectivity index (χ1n) is 6.44. The van der Waals surface area contributed by atoms with Gasteiger partial charge in [-0.1, -0.05) is 12.1 Å². The van der Waals surface area contributed by atoms with Crippen LogP contribution in [-0.4, -0.2) is 10.1 Å². The fourth-order valence-electron chi connectivity index (χ4n) is 2.45. The fourth-order valence-corrected chi connectivity index (χ4v) is 3.80. The lowest BCUT2D eigenvalue weighted by molar-refractivity contribution is 0.191. The Kier molecular flexibility index (Phi) is 3.49. The number of halogens is 1. The van der Waals surface area contributed by atoms with E-state index in [1.165, 1.54) is 0 Å². The Morgan fingerprint density at radius 1 is 1.47 bits per heavy atom. The largest absolute Gasteiger partial charge is 0.337 e. The zero-order chi connectivity index (χ0) is 13.5. The van der Waals surface area contributed by atoms with Gasteiger partial charge in [-0.25, -0.2) is 0 Å². The second kappa shape index (κ2) is 5.00. The van der Waals surface area contributed by atoms with Crippen LogP contribution < -0.4 is 5.73 Å². The second-order valence-electron chi connectivity index (χ2n) is 5.39. The predicted octanol–water partition coefficient (Wildman–Crippen LogP) is 3.92. The third kappa shape index (κ3) is 2.61. The van der Waals surface area contributed by atoms with Crippen molar-refractivity contribution in [3.05, 3.63) is 21.8 Å². The molecule has 1 saturated carbocycles. The van der Waals surface area contributed by atoms with E-state index in [9.17, 15) is 0 Å². The second-order valence-corrected chi connectivity index (χ2v) is 7.22. The SMILES string of the molecule is CC1CCC(N)(c2nc(-c3cc(Br)cs3)no2)CC1. The lowest BCUT2D eigenvalue weighted by atomic mass is 9.78. The molecule has 0 aromatic carbocycles. The smallest absolute Gasteiger partial charge is 0.247 e. The fraction of sp³-hybridized carbons (Fsp3) is 0.538. The molecule has 2 aromatic rings. The molecule has 2 N–H and O–H groups in total. The van der Waals surface area contributed by atoms with Gasteiger partial charge in [-0.2, -0.15) is 4.98 Å². The van der Waals surface area contributed by atoms with Gasteiger partial charge in [-0.15, -0.1) is 11.3 Å². The zero-order valence-corrected chi connectivity index (χ0v) is 13.1. The summed E-state index contributed by atoms with van der Waals surface area (Å²) in [5.41, 5.74) is 6.00. The molecule has 0 spiro atoms. The highest BCUT2D eigenvalue weighted by Gasteiger charge is 2.37. The molecule has 1 aliphatic rings. The first kappa shape index (κ1) is 13.3. The molecule has 0 amide bonds. The van der Waals surface area contributed by atoms with Crippen molar-refractivity contribution in [2.24, 2.45) is 11.7 Å². The summed E-state index contributed by atoms with van der Waals surface area (Å²) in [5, 5.41) is 6.07. The first-order valence-corrected chi connectivity index (χ1v) is 8.11. The Morgan fingerprint density at radius 2 is 2.21 bits per heavy atom. The lowest BCUT2D eigenvalue weighted by Crippen LogP contribution is -2.40. The van der Waals surface area contributed by atoms with Gasteiger partial charge < -0.3 is 10.3 Å². The Bertz CT molecular complexity index is 572. The van der Waals surface area contributed by atoms with Crippen LogP contribution in [0.3, 0.4) is 0 Å². The van der Waals surface area contributed by atoms with E-state index in [0.29, 0.717) is 11.7 Å². The molecule has 19 heavy (non-hydrogen) atoms. The summed E-state index contributed by atoms with van der Waals surface area (Å²) in [6, 6.07) is 1.99. The lowest BCUT2D eigenvalue weighted by Gasteiger charge is -2.32. The molecule has 6 heteroatoms. The highest BCUT2D eigenvalue weighted by Crippen LogP contribution is 2.37. The van der Waals surface area contributed by atoms with Crippen molar-refractivity contribution >= 4 is 27.3 Å². The van der Waals surface area contributed by atoms with Crippen molar-refractivity contribution in [1.82, 2.24) is 10.1 Å². The summed E-state index contributed by atoms with van der Waals surface area (Å²) in [7, 11) is 0. The number of aromatic nitrogens is 2. The minimum Gasteiger partial charge on any atom is -0.337 e. The Balaban J connectivity index is 1.85. The Labute approximate surface area is 124 Å². The zero-order valence-electron chi connectivity index (χ0n) is 10.7. The van der Waals surface area contributed by atoms with Crippen molar-refractivity contribution in [3.8, 4) is 10.7 Å². The quantitative estimate of drug-likeness (QED) is 0.898. The highest BCUT2D eigenvalue weighted by atomic mass is 79.9. The monoisotopic (exact) mass is 341 g/mol. The van der Waals surface area contributed by atoms with Crippen LogP contribution >= 0.6 is 27.3 Å². The van der Waals surface area contributed by atoms with Gasteiger partial charge in [0.15, 0.2) is 0 Å². The molecular formula is C13H16BrN3OS. The molecule has 2 heterocycles. The number of nitrogens with two attached hydrogens (primary N) is 1. The summed E-state index contributed by atoms with van der Waals surface area (Å²) in [4.78, 5) is 5.50. The normalized spacial score (nSPS) is 27.6. The number of hydrogen-bond acceptors (Lipinski definition) is 5. The van der Waals surface area contributed by atoms with Crippen LogP contribution in [0, 0.1) is 5.92 Å². The van der Waals surface area contributed by atoms with E-state index in [0.717, 1.165) is 41.0 Å². The average molecular weight is 342 g/mol. The maximum absolute atomic E-state index is 6.44. The molecule has 4 nitrogen and oxygen atoms in total. The maximum atomic E-state index is 6.44. The van der Waals surface area contributed by atoms with Gasteiger partial charge in [0.1, 0.15) is 0 Å². The van der Waals surface area contributed by atoms with E-state index in [1.807, 2.05) is 11.4 Å². The Morgan fingerprint density at radius 3 is 2.84 bits per heavy atom. The van der Waals surface area contributed by atoms with Crippen LogP contribution in [0.25, 0.3) is 10.7 Å². The maximum Gasteiger partial charge on any atom is 0.247 e. The van der Waals surface area contributed by atoms with E-state index in [4.69, 9.17) is 10.3 Å². The summed E-state index contributed by atoms with van der Waals surface area (Å²) in [6.45, 7) is 2.27. The van der Waals surface area contributed by atoms with Gasteiger partial charge in [0, 0.05) is 9.85 Å². The van der Waals surface area contributed by atoms with Crippen LogP contribution in [0.2, 0.25) is 0 Å². The minimum absolute atomic E-state index is 0.438. The summed E-state index contributed by atoms with van der Waals surface area (Å²) in [6.07, 6.45) is 4.09. The summed E-state index contributed by atoms with van der Waals surface area (Å²) in [5.74, 6) is 1.96. The van der Waals surface area contributed by atoms with Crippen LogP contribution in [0.4, 0.5) is 0 Å². The Hall–Kier alpha value is -0.720. The van der Waals surface area contributed by atoms with Crippen molar-refractivity contribution in [2.45, 2.75) is 38.1 Å². The third-order valence-corrected chi connectivity index (χ3v) is 5.49. The molecule has 1 aliphatic carbocycles. The molecule has 0 bridgehead atoms. The van der Waals surface area contributed by atoms with Crippen LogP contribution in [0.15, 0.2) is 20.4 Å². The van der Waals surface area contributed by atoms with Crippen LogP contribution in [0.5, 0.6) is 0 Å². The van der Waals surface area contributed by atoms with E-state index in [1.54, 1.807) is 11.3 Å². The van der Waals surface area contributed by atoms with Crippen molar-refractivity contribution in [1.29, 1.82) is 0 Å². The van der Waals surface area contributed by atoms with Gasteiger partial charge in [0.2, 0.25) is 11.7 Å². The molecule has 0 aliphatic heterocycles. The van der Waals surface area contributed by atoms with Gasteiger partial charge in [0.25, 0.3) is 0 Å². The topological polar surface area (TPSA) is 64.9 Å². The molecule has 1 fully saturated rings. The van der Waals surface area contributed by atoms with Gasteiger partial charge >= 0.3 is 0 Å². The molecule has 0 atom stereocenters. The van der Waals surface area contributed by atoms with E-state index < -0.39 is 5.54 Å². The highest BCUT2D eigenvalue weighted by molar-refractivity contribution is 9.10. The standard InChI is InChI=1S/C13H16BrN3OS/c1-8-2-4-13(15,5-3-8)12-16-11(17-18-12)10-6-9(14)7-19-10/h6-8H,2-5,15H2,1H3. The molecular weight excluding hydrogens is 326 g/mol. The molecule has 0 saturated heterocycles. The third-order valence-electron chi connectivity index (χ3n) is 3.81. The minimum atomic E-state index is -0.438. The van der Waals surface area contributed by atoms with Crippen molar-refractivity contribution < 1.29 is 4.52 Å². The van der Waals surface area contributed by atoms with E-state index >= 15 is 0 Å². The predicted molar refractivity (Wildman–Crippen MR) is 78.8 cm³/mol. The molecule has 102 valence electrons. The number of rotatable bonds is 2. The van der Waals surface area contributed by atoms with Crippen molar-refractivity contribution in [2.75, 3.05) is 0 Å². The summed E-state index contributed by atoms with van der Waals surface area (Å²) >= 11 is 5.02. The van der Waals surface area contributed by atoms with E-state index in [-0.39, 0.29) is 0 Å². The van der Waals surface area contributed by atoms with Gasteiger partial charge in [-0.05, 0) is 53.6 Å². The molecule has 0 unspecified atom stereocenters. The molecule has 2 aromatic heterocycles. The van der Waals surface area contributed by atoms with Crippen molar-refractivity contribution in [3.63, 3.8) is 0 Å². The number of thiophene rings is 1. The van der Waals surface area contributed by atoms with Crippen LogP contribution in [-0.2, 0) is 5.54 Å². The number of nitrogens with zero attached hydrogens (tertiary/aromatic N) is 2. The first-order chi connectivity index (χ1) is 9.07. The summed E-state index contributed by atoms with van der Waals surface area (Å²) < 4.78 is 6.45. The van der Waals surface area contributed by atoms with Gasteiger partial charge in [0.05, 0.1) is 10.4 Å². The van der Waals surface area contributed by atoms with Gasteiger partial charge in [-0.3, -0.25) is 0 Å². The van der Waals surface area contributed by atoms with Crippen LogP contribution in [0.1, 0.15) is 38.5 Å². The molecule has 3 rings (SSSR count). The number of hydrogen-bond donors (Lipinski definition) is 1. The average Bonchev–Trinajstić information content (AvgIpc) is 3.02. The molecule has 0 radical (unpaired) electrons. The van der Waals surface area contributed by atoms with E-state index in [2.05, 4.69) is 33.0 Å².